The van der Waals surface area contributed by atoms with Gasteiger partial charge in [0, 0.05) is 80.8 Å². The zero-order valence-electron chi connectivity index (χ0n) is 56.9. The summed E-state index contributed by atoms with van der Waals surface area (Å²) >= 11 is 0. The van der Waals surface area contributed by atoms with E-state index in [0.29, 0.717) is 72.6 Å². The van der Waals surface area contributed by atoms with E-state index in [1.54, 1.807) is 97.4 Å². The van der Waals surface area contributed by atoms with Gasteiger partial charge in [-0.3, -0.25) is 0 Å². The molecule has 0 fully saturated rings. The molecule has 11 aromatic rings. The van der Waals surface area contributed by atoms with Crippen LogP contribution in [-0.4, -0.2) is 9.55 Å². The van der Waals surface area contributed by atoms with E-state index >= 15 is 0 Å². The number of hydrogen-bond acceptors (Lipinski definition) is 4. The number of fused-ring (bicyclic) bond motifs is 5. The summed E-state index contributed by atoms with van der Waals surface area (Å²) in [6.07, 6.45) is 1.26. The van der Waals surface area contributed by atoms with Crippen LogP contribution in [0.2, 0.25) is 0 Å². The van der Waals surface area contributed by atoms with Crippen LogP contribution < -0.4 is 14.5 Å². The Bertz CT molecular complexity index is 4780. The molecule has 1 aliphatic carbocycles. The number of rotatable bonds is 11. The molecule has 388 valence electrons. The van der Waals surface area contributed by atoms with E-state index < -0.39 is 35.2 Å². The van der Waals surface area contributed by atoms with Crippen molar-refractivity contribution in [1.82, 2.24) is 9.55 Å². The van der Waals surface area contributed by atoms with E-state index in [0.717, 1.165) is 18.4 Å². The summed E-state index contributed by atoms with van der Waals surface area (Å²) in [4.78, 5) is 8.68. The third-order valence-electron chi connectivity index (χ3n) is 14.8. The largest absolute Gasteiger partial charge is 0.509 e. The third kappa shape index (κ3) is 9.22. The molecule has 9 aromatic carbocycles. The second kappa shape index (κ2) is 20.4. The van der Waals surface area contributed by atoms with Gasteiger partial charge in [-0.2, -0.15) is 12.1 Å². The Morgan fingerprint density at radius 1 is 0.603 bits per heavy atom. The Kier molecular flexibility index (Phi) is 9.88. The molecule has 5 nitrogen and oxygen atoms in total. The predicted molar refractivity (Wildman–Crippen MR) is 320 cm³/mol. The maximum Gasteiger partial charge on any atom is 0.135 e. The summed E-state index contributed by atoms with van der Waals surface area (Å²) in [7, 11) is 0. The average Bonchev–Trinajstić information content (AvgIpc) is 1.72. The zero-order valence-corrected chi connectivity index (χ0v) is 46.2. The third-order valence-corrected chi connectivity index (χ3v) is 14.8. The number of pyridine rings is 1. The number of ether oxygens (including phenoxy) is 1. The Hall–Kier alpha value is -7.98. The number of aromatic nitrogens is 2. The monoisotopic (exact) mass is 1210 g/mol. The van der Waals surface area contributed by atoms with Crippen molar-refractivity contribution >= 4 is 44.6 Å². The minimum atomic E-state index is -1.86. The zero-order chi connectivity index (χ0) is 63.8. The van der Waals surface area contributed by atoms with Gasteiger partial charge in [0.25, 0.3) is 0 Å². The topological polar surface area (TPSA) is 33.5 Å². The van der Waals surface area contributed by atoms with Crippen molar-refractivity contribution in [1.29, 1.82) is 0 Å². The predicted octanol–water partition coefficient (Wildman–Crippen LogP) is 19.2. The molecule has 78 heavy (non-hydrogen) atoms. The standard InChI is InChI=1S/C72H61N4O.Pt/c1-48(2)40-54-43-69(73-46-62(54)50-22-11-8-12-23-50)76-65-31-14-13-28-60(65)61-36-35-57(45-68(61)76)77-56-27-18-26-55(44-56)74-47-75(67-33-16-15-32-66(67)74)70-58(52-25-17-24-51(41-52)49-20-9-7-10-21-49)29-19-30-59(70)53-34-37-63-64(42-53)72(5,6)39-38-71(63,3)4;/h7-37,41-43,46-48H,38-40H2,1-6H3;/q-3;/i13D,14D,17D,24D,25D,28D,31D,34D,37D,40D2,41D,42D;. The number of nitrogens with zero attached hydrogens (tertiary/aromatic N) is 4. The molecule has 0 amide bonds. The smallest absolute Gasteiger partial charge is 0.135 e. The van der Waals surface area contributed by atoms with Crippen LogP contribution >= 0.6 is 0 Å². The van der Waals surface area contributed by atoms with E-state index in [4.69, 9.17) is 15.2 Å². The van der Waals surface area contributed by atoms with E-state index in [9.17, 15) is 12.3 Å². The second-order valence-electron chi connectivity index (χ2n) is 21.3. The van der Waals surface area contributed by atoms with Gasteiger partial charge < -0.3 is 19.1 Å². The Morgan fingerprint density at radius 3 is 2.01 bits per heavy atom. The van der Waals surface area contributed by atoms with Gasteiger partial charge in [-0.1, -0.05) is 192 Å². The van der Waals surface area contributed by atoms with Gasteiger partial charge in [-0.05, 0) is 116 Å². The van der Waals surface area contributed by atoms with Crippen molar-refractivity contribution in [2.24, 2.45) is 5.92 Å². The van der Waals surface area contributed by atoms with Gasteiger partial charge in [0.15, 0.2) is 0 Å². The maximum atomic E-state index is 10.2. The van der Waals surface area contributed by atoms with Crippen molar-refractivity contribution in [2.45, 2.75) is 71.6 Å². The molecule has 2 aromatic heterocycles. The molecule has 0 spiro atoms. The molecule has 0 N–H and O–H groups in total. The van der Waals surface area contributed by atoms with Crippen LogP contribution in [-0.2, 0) is 38.3 Å². The summed E-state index contributed by atoms with van der Waals surface area (Å²) in [6, 6.07) is 46.0. The van der Waals surface area contributed by atoms with Gasteiger partial charge in [-0.25, -0.2) is 4.98 Å². The summed E-state index contributed by atoms with van der Waals surface area (Å²) in [5.74, 6) is 0.191. The second-order valence-corrected chi connectivity index (χ2v) is 21.3. The van der Waals surface area contributed by atoms with Crippen molar-refractivity contribution in [3.05, 3.63) is 248 Å². The van der Waals surface area contributed by atoms with E-state index in [2.05, 4.69) is 39.8 Å². The van der Waals surface area contributed by atoms with Gasteiger partial charge >= 0.3 is 0 Å². The van der Waals surface area contributed by atoms with Crippen LogP contribution in [0.4, 0.5) is 22.7 Å². The maximum absolute atomic E-state index is 10.2. The molecule has 0 unspecified atom stereocenters. The van der Waals surface area contributed by atoms with Gasteiger partial charge in [-0.15, -0.1) is 48.1 Å². The minimum absolute atomic E-state index is 0. The van der Waals surface area contributed by atoms with Gasteiger partial charge in [0.05, 0.1) is 15.1 Å². The molecular weight excluding hydrogens is 1130 g/mol. The fourth-order valence-electron chi connectivity index (χ4n) is 10.9. The van der Waals surface area contributed by atoms with Gasteiger partial charge in [0.1, 0.15) is 5.82 Å². The van der Waals surface area contributed by atoms with Crippen LogP contribution in [0, 0.1) is 24.7 Å². The van der Waals surface area contributed by atoms with Crippen molar-refractivity contribution in [3.63, 3.8) is 0 Å². The van der Waals surface area contributed by atoms with Crippen LogP contribution in [0.25, 0.3) is 72.1 Å². The summed E-state index contributed by atoms with van der Waals surface area (Å²) in [6.45, 7) is 13.7. The fourth-order valence-corrected chi connectivity index (χ4v) is 10.9. The Morgan fingerprint density at radius 2 is 1.26 bits per heavy atom. The summed E-state index contributed by atoms with van der Waals surface area (Å²) in [5.41, 5.74) is 6.39. The van der Waals surface area contributed by atoms with Crippen molar-refractivity contribution in [3.8, 4) is 61.8 Å². The molecule has 0 atom stereocenters. The molecule has 13 rings (SSSR count). The molecule has 2 aliphatic rings. The first-order valence-corrected chi connectivity index (χ1v) is 26.0. The summed E-state index contributed by atoms with van der Waals surface area (Å²) in [5, 5.41) is 0.665. The number of anilines is 4. The first-order chi connectivity index (χ1) is 42.8. The van der Waals surface area contributed by atoms with Crippen LogP contribution in [0.1, 0.15) is 88.9 Å². The number of benzene rings is 9. The Labute approximate surface area is 492 Å². The molecule has 0 saturated carbocycles. The summed E-state index contributed by atoms with van der Waals surface area (Å²) < 4.78 is 131. The first-order valence-electron chi connectivity index (χ1n) is 32.5. The molecule has 1 aliphatic heterocycles. The van der Waals surface area contributed by atoms with E-state index in [1.165, 1.54) is 0 Å². The number of hydrogen-bond donors (Lipinski definition) is 0. The normalized spacial score (nSPS) is 16.9. The molecule has 0 bridgehead atoms. The molecule has 0 radical (unpaired) electrons. The Balaban J connectivity index is 0.00000800. The van der Waals surface area contributed by atoms with Crippen molar-refractivity contribution in [2.75, 3.05) is 9.80 Å². The van der Waals surface area contributed by atoms with Crippen LogP contribution in [0.3, 0.4) is 0 Å². The van der Waals surface area contributed by atoms with Crippen LogP contribution in [0.5, 0.6) is 11.5 Å². The first kappa shape index (κ1) is 37.7. The minimum Gasteiger partial charge on any atom is -0.509 e. The van der Waals surface area contributed by atoms with Gasteiger partial charge in [0.2, 0.25) is 0 Å². The fraction of sp³-hybridized carbons (Fsp3) is 0.167. The average molecular weight is 1210 g/mol. The molecule has 0 saturated heterocycles. The SMILES string of the molecule is [2H]c1c([2H])c(-c2ccccc2)c([2H])c(-c2cccc(-c3c([2H])c([2H])c4c(c3[2H])C(C)(C)CCC4(C)C)c2N2[CH-]N(c3[c-]c(Oc4[c-]c5c(cc4)c4c([2H])c([2H])c([2H])c([2H])c4n5-c4cc(C([2H])([2H])C(C)C)c(-c5ccccc5)cn4)ccc3)c3ccccc32)c1[2H].[Pt]. The number of para-hydroxylation sites is 4. The molecular formula is C72H61N4OPt-3. The van der Waals surface area contributed by atoms with Crippen LogP contribution in [0.15, 0.2) is 212 Å². The molecule has 3 heterocycles. The van der Waals surface area contributed by atoms with E-state index in [1.807, 2.05) is 83.2 Å². The molecule has 6 heteroatoms. The van der Waals surface area contributed by atoms with E-state index in [-0.39, 0.29) is 120 Å². The van der Waals surface area contributed by atoms with Crippen molar-refractivity contribution < 1.29 is 43.6 Å². The quantitative estimate of drug-likeness (QED) is 0.121.